The number of rotatable bonds is 5. The van der Waals surface area contributed by atoms with E-state index in [0.717, 1.165) is 23.4 Å². The van der Waals surface area contributed by atoms with Gasteiger partial charge in [0.25, 0.3) is 0 Å². The molecule has 6 nitrogen and oxygen atoms in total. The minimum Gasteiger partial charge on any atom is -0.306 e. The highest BCUT2D eigenvalue weighted by Crippen LogP contribution is 2.43. The fourth-order valence-electron chi connectivity index (χ4n) is 3.91. The minimum atomic E-state index is -0.517. The molecule has 7 heteroatoms. The number of aromatic nitrogens is 4. The van der Waals surface area contributed by atoms with Gasteiger partial charge in [0.2, 0.25) is 0 Å². The molecular formula is C23H20N4O2S. The van der Waals surface area contributed by atoms with Gasteiger partial charge in [-0.2, -0.15) is 0 Å². The van der Waals surface area contributed by atoms with Gasteiger partial charge in [-0.25, -0.2) is 0 Å². The lowest BCUT2D eigenvalue weighted by molar-refractivity contribution is 0.256. The SMILES string of the molecule is O=c1c(=O)n([C@H]2C[C@H](c3ccccc3)C2)ccn1Cc1nnc(-c2ccccc2)s1. The lowest BCUT2D eigenvalue weighted by Crippen LogP contribution is -2.44. The molecule has 1 saturated carbocycles. The van der Waals surface area contributed by atoms with Gasteiger partial charge < -0.3 is 9.13 Å². The summed E-state index contributed by atoms with van der Waals surface area (Å²) < 4.78 is 3.01. The van der Waals surface area contributed by atoms with E-state index in [1.165, 1.54) is 21.5 Å². The van der Waals surface area contributed by atoms with Crippen molar-refractivity contribution in [3.63, 3.8) is 0 Å². The zero-order chi connectivity index (χ0) is 20.5. The van der Waals surface area contributed by atoms with Gasteiger partial charge in [0.1, 0.15) is 10.0 Å². The van der Waals surface area contributed by atoms with Crippen molar-refractivity contribution in [3.8, 4) is 10.6 Å². The van der Waals surface area contributed by atoms with E-state index < -0.39 is 11.1 Å². The fourth-order valence-corrected chi connectivity index (χ4v) is 4.75. The van der Waals surface area contributed by atoms with E-state index in [1.54, 1.807) is 17.0 Å². The van der Waals surface area contributed by atoms with Gasteiger partial charge in [-0.1, -0.05) is 72.0 Å². The molecule has 1 aliphatic carbocycles. The summed E-state index contributed by atoms with van der Waals surface area (Å²) in [6.07, 6.45) is 5.17. The van der Waals surface area contributed by atoms with Crippen LogP contribution in [0.2, 0.25) is 0 Å². The molecule has 0 radical (unpaired) electrons. The van der Waals surface area contributed by atoms with Crippen molar-refractivity contribution >= 4 is 11.3 Å². The van der Waals surface area contributed by atoms with Gasteiger partial charge >= 0.3 is 11.1 Å². The molecule has 0 N–H and O–H groups in total. The van der Waals surface area contributed by atoms with Crippen molar-refractivity contribution < 1.29 is 0 Å². The summed E-state index contributed by atoms with van der Waals surface area (Å²) in [6, 6.07) is 20.2. The smallest absolute Gasteiger partial charge is 0.306 e. The van der Waals surface area contributed by atoms with Crippen molar-refractivity contribution in [2.45, 2.75) is 31.3 Å². The van der Waals surface area contributed by atoms with E-state index in [1.807, 2.05) is 48.5 Å². The highest BCUT2D eigenvalue weighted by Gasteiger charge is 2.32. The molecule has 0 amide bonds. The monoisotopic (exact) mass is 416 g/mol. The van der Waals surface area contributed by atoms with Crippen LogP contribution in [0.4, 0.5) is 0 Å². The second kappa shape index (κ2) is 7.84. The van der Waals surface area contributed by atoms with Crippen molar-refractivity contribution in [1.82, 2.24) is 19.3 Å². The maximum atomic E-state index is 12.7. The molecule has 2 heterocycles. The molecule has 1 fully saturated rings. The zero-order valence-corrected chi connectivity index (χ0v) is 17.0. The van der Waals surface area contributed by atoms with E-state index in [4.69, 9.17) is 0 Å². The normalized spacial score (nSPS) is 18.1. The molecule has 0 aliphatic heterocycles. The first-order chi connectivity index (χ1) is 14.7. The van der Waals surface area contributed by atoms with Crippen LogP contribution >= 0.6 is 11.3 Å². The zero-order valence-electron chi connectivity index (χ0n) is 16.2. The molecule has 0 saturated heterocycles. The van der Waals surface area contributed by atoms with Crippen LogP contribution in [-0.4, -0.2) is 19.3 Å². The van der Waals surface area contributed by atoms with E-state index >= 15 is 0 Å². The van der Waals surface area contributed by atoms with Crippen LogP contribution in [0.3, 0.4) is 0 Å². The van der Waals surface area contributed by atoms with Crippen LogP contribution in [-0.2, 0) is 6.54 Å². The summed E-state index contributed by atoms with van der Waals surface area (Å²) in [6.45, 7) is 0.247. The second-order valence-electron chi connectivity index (χ2n) is 7.54. The highest BCUT2D eigenvalue weighted by atomic mass is 32.1. The van der Waals surface area contributed by atoms with Gasteiger partial charge in [-0.15, -0.1) is 10.2 Å². The van der Waals surface area contributed by atoms with Crippen LogP contribution in [0.1, 0.15) is 35.4 Å². The fraction of sp³-hybridized carbons (Fsp3) is 0.217. The van der Waals surface area contributed by atoms with E-state index in [-0.39, 0.29) is 12.6 Å². The minimum absolute atomic E-state index is 0.0799. The summed E-state index contributed by atoms with van der Waals surface area (Å²) in [5.41, 5.74) is 1.29. The molecule has 2 aromatic heterocycles. The molecule has 30 heavy (non-hydrogen) atoms. The van der Waals surface area contributed by atoms with Gasteiger partial charge in [0.05, 0.1) is 6.54 Å². The predicted octanol–water partition coefficient (Wildman–Crippen LogP) is 3.70. The Morgan fingerprint density at radius 3 is 2.30 bits per heavy atom. The number of hydrogen-bond donors (Lipinski definition) is 0. The summed E-state index contributed by atoms with van der Waals surface area (Å²) in [4.78, 5) is 25.3. The molecule has 150 valence electrons. The van der Waals surface area contributed by atoms with E-state index in [2.05, 4.69) is 22.3 Å². The molecule has 0 unspecified atom stereocenters. The third kappa shape index (κ3) is 3.52. The van der Waals surface area contributed by atoms with Crippen molar-refractivity contribution in [2.24, 2.45) is 0 Å². The van der Waals surface area contributed by atoms with Gasteiger partial charge in [0, 0.05) is 24.0 Å². The maximum Gasteiger partial charge on any atom is 0.316 e. The average molecular weight is 417 g/mol. The first kappa shape index (κ1) is 18.7. The molecule has 1 aliphatic rings. The van der Waals surface area contributed by atoms with Crippen LogP contribution in [0.25, 0.3) is 10.6 Å². The first-order valence-corrected chi connectivity index (χ1v) is 10.7. The van der Waals surface area contributed by atoms with Gasteiger partial charge in [-0.05, 0) is 24.3 Å². The summed E-state index contributed by atoms with van der Waals surface area (Å²) in [5, 5.41) is 9.89. The summed E-state index contributed by atoms with van der Waals surface area (Å²) in [5.74, 6) is 0.448. The van der Waals surface area contributed by atoms with Gasteiger partial charge in [-0.3, -0.25) is 9.59 Å². The Balaban J connectivity index is 1.32. The quantitative estimate of drug-likeness (QED) is 0.465. The van der Waals surface area contributed by atoms with E-state index in [0.29, 0.717) is 10.9 Å². The summed E-state index contributed by atoms with van der Waals surface area (Å²) in [7, 11) is 0. The number of nitrogens with zero attached hydrogens (tertiary/aromatic N) is 4. The average Bonchev–Trinajstić information content (AvgIpc) is 3.22. The number of benzene rings is 2. The summed E-state index contributed by atoms with van der Waals surface area (Å²) >= 11 is 1.43. The predicted molar refractivity (Wildman–Crippen MR) is 117 cm³/mol. The Morgan fingerprint density at radius 1 is 0.867 bits per heavy atom. The van der Waals surface area contributed by atoms with Crippen molar-refractivity contribution in [3.05, 3.63) is 104 Å². The topological polar surface area (TPSA) is 69.8 Å². The van der Waals surface area contributed by atoms with Crippen LogP contribution in [0.15, 0.2) is 82.6 Å². The third-order valence-electron chi connectivity index (χ3n) is 5.66. The Morgan fingerprint density at radius 2 is 1.57 bits per heavy atom. The molecule has 2 aromatic carbocycles. The standard InChI is InChI=1S/C23H20N4O2S/c28-22-23(29)27(19-13-18(14-19)16-7-3-1-4-8-16)12-11-26(22)15-20-24-25-21(30-20)17-9-5-2-6-10-17/h1-12,18-19H,13-15H2/t18-,19-. The molecule has 4 aromatic rings. The third-order valence-corrected chi connectivity index (χ3v) is 6.61. The van der Waals surface area contributed by atoms with Crippen molar-refractivity contribution in [1.29, 1.82) is 0 Å². The maximum absolute atomic E-state index is 12.7. The highest BCUT2D eigenvalue weighted by molar-refractivity contribution is 7.14. The molecule has 0 spiro atoms. The van der Waals surface area contributed by atoms with Crippen LogP contribution in [0, 0.1) is 0 Å². The van der Waals surface area contributed by atoms with Crippen LogP contribution in [0.5, 0.6) is 0 Å². The molecule has 5 rings (SSSR count). The Kier molecular flexibility index (Phi) is 4.88. The second-order valence-corrected chi connectivity index (χ2v) is 8.61. The van der Waals surface area contributed by atoms with Crippen molar-refractivity contribution in [2.75, 3.05) is 0 Å². The van der Waals surface area contributed by atoms with E-state index in [9.17, 15) is 9.59 Å². The number of hydrogen-bond acceptors (Lipinski definition) is 5. The lowest BCUT2D eigenvalue weighted by atomic mass is 9.76. The molecule has 0 atom stereocenters. The largest absolute Gasteiger partial charge is 0.316 e. The Labute approximate surface area is 177 Å². The molecule has 0 bridgehead atoms. The molecular weight excluding hydrogens is 396 g/mol. The van der Waals surface area contributed by atoms with Crippen LogP contribution < -0.4 is 11.1 Å². The Hall–Kier alpha value is -3.32. The lowest BCUT2D eigenvalue weighted by Gasteiger charge is -2.36. The Bertz CT molecular complexity index is 1270. The van der Waals surface area contributed by atoms with Gasteiger partial charge in [0.15, 0.2) is 0 Å². The first-order valence-electron chi connectivity index (χ1n) is 9.93.